The standard InChI is InChI=1S/C18H26O3/c1-5-7-15-16(20-13(3)19)9-8-14-10-12-18(4,11-6-2)21-17(14)15/h8-9H,5-7,10-12H2,1-4H3. The number of hydrogen-bond acceptors (Lipinski definition) is 3. The number of carbonyl (C=O) groups excluding carboxylic acids is 1. The van der Waals surface area contributed by atoms with Gasteiger partial charge in [0.15, 0.2) is 0 Å². The van der Waals surface area contributed by atoms with Gasteiger partial charge in [0.05, 0.1) is 0 Å². The summed E-state index contributed by atoms with van der Waals surface area (Å²) in [5, 5.41) is 0. The predicted octanol–water partition coefficient (Wildman–Crippen LogP) is 4.45. The van der Waals surface area contributed by atoms with Crippen molar-refractivity contribution in [1.82, 2.24) is 0 Å². The Bertz CT molecular complexity index is 521. The normalized spacial score (nSPS) is 20.6. The Kier molecular flexibility index (Phi) is 4.92. The van der Waals surface area contributed by atoms with Crippen LogP contribution in [0.4, 0.5) is 0 Å². The van der Waals surface area contributed by atoms with E-state index in [1.54, 1.807) is 0 Å². The van der Waals surface area contributed by atoms with E-state index in [0.717, 1.165) is 49.8 Å². The molecule has 116 valence electrons. The zero-order valence-corrected chi connectivity index (χ0v) is 13.6. The average molecular weight is 290 g/mol. The zero-order valence-electron chi connectivity index (χ0n) is 13.6. The van der Waals surface area contributed by atoms with Gasteiger partial charge in [-0.1, -0.05) is 32.8 Å². The second kappa shape index (κ2) is 6.50. The SMILES string of the molecule is CCCc1c(OC(C)=O)ccc2c1OC(C)(CCC)CC2. The maximum Gasteiger partial charge on any atom is 0.308 e. The number of esters is 1. The fourth-order valence-corrected chi connectivity index (χ4v) is 3.12. The number of aryl methyl sites for hydroxylation is 1. The van der Waals surface area contributed by atoms with Crippen molar-refractivity contribution in [2.45, 2.75) is 71.8 Å². The lowest BCUT2D eigenvalue weighted by Gasteiger charge is -2.37. The van der Waals surface area contributed by atoms with Crippen LogP contribution in [0.25, 0.3) is 0 Å². The first-order valence-corrected chi connectivity index (χ1v) is 8.01. The van der Waals surface area contributed by atoms with Gasteiger partial charge in [0, 0.05) is 12.5 Å². The molecule has 1 aliphatic heterocycles. The van der Waals surface area contributed by atoms with E-state index in [4.69, 9.17) is 9.47 Å². The van der Waals surface area contributed by atoms with E-state index in [9.17, 15) is 4.79 Å². The van der Waals surface area contributed by atoms with E-state index in [-0.39, 0.29) is 11.6 Å². The lowest BCUT2D eigenvalue weighted by atomic mass is 9.87. The lowest BCUT2D eigenvalue weighted by molar-refractivity contribution is -0.131. The van der Waals surface area contributed by atoms with Crippen LogP contribution in [-0.4, -0.2) is 11.6 Å². The molecule has 0 aliphatic carbocycles. The topological polar surface area (TPSA) is 35.5 Å². The Labute approximate surface area is 127 Å². The molecule has 1 atom stereocenters. The van der Waals surface area contributed by atoms with Crippen LogP contribution in [0, 0.1) is 0 Å². The molecule has 0 saturated heterocycles. The minimum Gasteiger partial charge on any atom is -0.487 e. The van der Waals surface area contributed by atoms with Crippen LogP contribution in [0.1, 0.15) is 64.5 Å². The molecule has 0 aromatic heterocycles. The van der Waals surface area contributed by atoms with Gasteiger partial charge in [0.1, 0.15) is 17.1 Å². The first-order valence-electron chi connectivity index (χ1n) is 8.01. The van der Waals surface area contributed by atoms with E-state index >= 15 is 0 Å². The predicted molar refractivity (Wildman–Crippen MR) is 84.0 cm³/mol. The third-order valence-corrected chi connectivity index (χ3v) is 4.10. The van der Waals surface area contributed by atoms with Gasteiger partial charge in [-0.15, -0.1) is 0 Å². The summed E-state index contributed by atoms with van der Waals surface area (Å²) in [4.78, 5) is 11.3. The lowest BCUT2D eigenvalue weighted by Crippen LogP contribution is -2.36. The third kappa shape index (κ3) is 3.58. The van der Waals surface area contributed by atoms with Gasteiger partial charge in [-0.3, -0.25) is 4.79 Å². The Balaban J connectivity index is 2.41. The number of carbonyl (C=O) groups is 1. The summed E-state index contributed by atoms with van der Waals surface area (Å²) < 4.78 is 11.7. The summed E-state index contributed by atoms with van der Waals surface area (Å²) in [5.41, 5.74) is 2.19. The molecule has 3 heteroatoms. The number of ether oxygens (including phenoxy) is 2. The molecule has 3 nitrogen and oxygen atoms in total. The number of benzene rings is 1. The van der Waals surface area contributed by atoms with Crippen molar-refractivity contribution in [3.8, 4) is 11.5 Å². The third-order valence-electron chi connectivity index (χ3n) is 4.10. The van der Waals surface area contributed by atoms with Gasteiger partial charge >= 0.3 is 5.97 Å². The van der Waals surface area contributed by atoms with Crippen molar-refractivity contribution in [1.29, 1.82) is 0 Å². The fraction of sp³-hybridized carbons (Fsp3) is 0.611. The number of rotatable bonds is 5. The summed E-state index contributed by atoms with van der Waals surface area (Å²) >= 11 is 0. The van der Waals surface area contributed by atoms with Crippen LogP contribution >= 0.6 is 0 Å². The molecule has 1 unspecified atom stereocenters. The van der Waals surface area contributed by atoms with Crippen LogP contribution in [0.15, 0.2) is 12.1 Å². The average Bonchev–Trinajstić information content (AvgIpc) is 2.41. The van der Waals surface area contributed by atoms with Crippen molar-refractivity contribution < 1.29 is 14.3 Å². The summed E-state index contributed by atoms with van der Waals surface area (Å²) in [6, 6.07) is 3.95. The van der Waals surface area contributed by atoms with Crippen LogP contribution in [0.5, 0.6) is 11.5 Å². The summed E-state index contributed by atoms with van der Waals surface area (Å²) in [6.07, 6.45) is 6.11. The summed E-state index contributed by atoms with van der Waals surface area (Å²) in [5.74, 6) is 1.33. The molecule has 0 N–H and O–H groups in total. The highest BCUT2D eigenvalue weighted by Crippen LogP contribution is 2.42. The van der Waals surface area contributed by atoms with Crippen molar-refractivity contribution in [3.63, 3.8) is 0 Å². The minimum atomic E-state index is -0.278. The van der Waals surface area contributed by atoms with Crippen molar-refractivity contribution in [2.24, 2.45) is 0 Å². The maximum atomic E-state index is 11.3. The molecule has 1 aromatic rings. The van der Waals surface area contributed by atoms with E-state index in [0.29, 0.717) is 5.75 Å². The second-order valence-electron chi connectivity index (χ2n) is 6.18. The Morgan fingerprint density at radius 1 is 1.33 bits per heavy atom. The highest BCUT2D eigenvalue weighted by molar-refractivity contribution is 5.70. The smallest absolute Gasteiger partial charge is 0.308 e. The Morgan fingerprint density at radius 3 is 2.71 bits per heavy atom. The van der Waals surface area contributed by atoms with Crippen molar-refractivity contribution in [2.75, 3.05) is 0 Å². The van der Waals surface area contributed by atoms with E-state index < -0.39 is 0 Å². The van der Waals surface area contributed by atoms with Gasteiger partial charge in [0.25, 0.3) is 0 Å². The zero-order chi connectivity index (χ0) is 15.5. The molecule has 0 saturated carbocycles. The molecule has 0 spiro atoms. The van der Waals surface area contributed by atoms with Gasteiger partial charge < -0.3 is 9.47 Å². The molecule has 21 heavy (non-hydrogen) atoms. The van der Waals surface area contributed by atoms with Crippen LogP contribution < -0.4 is 9.47 Å². The van der Waals surface area contributed by atoms with Gasteiger partial charge in [0.2, 0.25) is 0 Å². The molecule has 1 heterocycles. The number of fused-ring (bicyclic) bond motifs is 1. The first-order chi connectivity index (χ1) is 9.99. The quantitative estimate of drug-likeness (QED) is 0.593. The van der Waals surface area contributed by atoms with Gasteiger partial charge in [-0.25, -0.2) is 0 Å². The highest BCUT2D eigenvalue weighted by Gasteiger charge is 2.32. The monoisotopic (exact) mass is 290 g/mol. The van der Waals surface area contributed by atoms with E-state index in [1.165, 1.54) is 12.5 Å². The molecule has 0 radical (unpaired) electrons. The molecular formula is C18H26O3. The number of hydrogen-bond donors (Lipinski definition) is 0. The minimum absolute atomic E-state index is 0.0981. The summed E-state index contributed by atoms with van der Waals surface area (Å²) in [7, 11) is 0. The molecule has 1 aliphatic rings. The highest BCUT2D eigenvalue weighted by atomic mass is 16.5. The van der Waals surface area contributed by atoms with E-state index in [1.807, 2.05) is 12.1 Å². The maximum absolute atomic E-state index is 11.3. The first kappa shape index (κ1) is 15.9. The fourth-order valence-electron chi connectivity index (χ4n) is 3.12. The molecule has 0 fully saturated rings. The van der Waals surface area contributed by atoms with Gasteiger partial charge in [-0.2, -0.15) is 0 Å². The van der Waals surface area contributed by atoms with E-state index in [2.05, 4.69) is 20.8 Å². The molecule has 2 rings (SSSR count). The Morgan fingerprint density at radius 2 is 2.10 bits per heavy atom. The largest absolute Gasteiger partial charge is 0.487 e. The van der Waals surface area contributed by atoms with Crippen LogP contribution in [-0.2, 0) is 17.6 Å². The second-order valence-corrected chi connectivity index (χ2v) is 6.18. The molecule has 0 bridgehead atoms. The van der Waals surface area contributed by atoms with Crippen molar-refractivity contribution >= 4 is 5.97 Å². The van der Waals surface area contributed by atoms with Crippen molar-refractivity contribution in [3.05, 3.63) is 23.3 Å². The summed E-state index contributed by atoms with van der Waals surface area (Å²) in [6.45, 7) is 7.95. The molecule has 1 aromatic carbocycles. The molecule has 0 amide bonds. The van der Waals surface area contributed by atoms with Crippen LogP contribution in [0.3, 0.4) is 0 Å². The Hall–Kier alpha value is -1.51. The van der Waals surface area contributed by atoms with Gasteiger partial charge in [-0.05, 0) is 44.2 Å². The molecular weight excluding hydrogens is 264 g/mol. The van der Waals surface area contributed by atoms with Crippen LogP contribution in [0.2, 0.25) is 0 Å².